The number of thiol groups is 1. The first-order chi connectivity index (χ1) is 8.38. The van der Waals surface area contributed by atoms with E-state index in [-0.39, 0.29) is 12.2 Å². The van der Waals surface area contributed by atoms with Gasteiger partial charge in [0.25, 0.3) is 0 Å². The third kappa shape index (κ3) is 6.89. The van der Waals surface area contributed by atoms with Crippen LogP contribution in [0.15, 0.2) is 12.5 Å². The molecule has 7 N–H and O–H groups in total. The van der Waals surface area contributed by atoms with Crippen molar-refractivity contribution in [3.63, 3.8) is 0 Å². The van der Waals surface area contributed by atoms with Crippen LogP contribution in [0.25, 0.3) is 0 Å². The molecule has 0 radical (unpaired) electrons. The van der Waals surface area contributed by atoms with Crippen LogP contribution in [0.2, 0.25) is 0 Å². The number of hydrogen-bond acceptors (Lipinski definition) is 6. The molecule has 9 heteroatoms. The van der Waals surface area contributed by atoms with Gasteiger partial charge in [-0.15, -0.1) is 0 Å². The van der Waals surface area contributed by atoms with Gasteiger partial charge in [-0.3, -0.25) is 9.59 Å². The van der Waals surface area contributed by atoms with Crippen molar-refractivity contribution in [3.8, 4) is 0 Å². The van der Waals surface area contributed by atoms with Crippen molar-refractivity contribution in [1.82, 2.24) is 9.97 Å². The zero-order chi connectivity index (χ0) is 14.1. The van der Waals surface area contributed by atoms with E-state index < -0.39 is 24.0 Å². The molecule has 0 saturated carbocycles. The first kappa shape index (κ1) is 16.4. The van der Waals surface area contributed by atoms with Gasteiger partial charge in [0.05, 0.1) is 12.0 Å². The minimum Gasteiger partial charge on any atom is -0.480 e. The van der Waals surface area contributed by atoms with Gasteiger partial charge in [0.1, 0.15) is 12.1 Å². The molecule has 1 aromatic rings. The third-order valence-corrected chi connectivity index (χ3v) is 2.21. The van der Waals surface area contributed by atoms with E-state index in [0.29, 0.717) is 5.69 Å². The molecule has 0 fully saturated rings. The number of imidazole rings is 1. The number of aliphatic carboxylic acids is 2. The average Bonchev–Trinajstić information content (AvgIpc) is 2.81. The SMILES string of the molecule is N[C@@H](CS)C(=O)O.N[C@@H](Cc1c[nH]cn1)C(=O)O. The number of carboxylic acid groups (broad SMARTS) is 2. The van der Waals surface area contributed by atoms with Crippen molar-refractivity contribution >= 4 is 24.6 Å². The Morgan fingerprint density at radius 1 is 1.33 bits per heavy atom. The minimum absolute atomic E-state index is 0.190. The van der Waals surface area contributed by atoms with E-state index in [1.54, 1.807) is 6.20 Å². The lowest BCUT2D eigenvalue weighted by Gasteiger charge is -2.01. The van der Waals surface area contributed by atoms with Gasteiger partial charge >= 0.3 is 11.9 Å². The Labute approximate surface area is 109 Å². The smallest absolute Gasteiger partial charge is 0.321 e. The number of rotatable bonds is 5. The molecule has 1 aromatic heterocycles. The fourth-order valence-corrected chi connectivity index (χ4v) is 0.949. The molecular formula is C9H16N4O4S. The number of hydrogen-bond donors (Lipinski definition) is 6. The summed E-state index contributed by atoms with van der Waals surface area (Å²) in [5.41, 5.74) is 10.9. The summed E-state index contributed by atoms with van der Waals surface area (Å²) in [7, 11) is 0. The van der Waals surface area contributed by atoms with Crippen molar-refractivity contribution in [1.29, 1.82) is 0 Å². The van der Waals surface area contributed by atoms with Crippen LogP contribution in [0.1, 0.15) is 5.69 Å². The van der Waals surface area contributed by atoms with Gasteiger partial charge in [0, 0.05) is 18.4 Å². The van der Waals surface area contributed by atoms with E-state index in [0.717, 1.165) is 0 Å². The molecule has 0 amide bonds. The number of nitrogens with one attached hydrogen (secondary N) is 1. The zero-order valence-corrected chi connectivity index (χ0v) is 10.4. The second kappa shape index (κ2) is 8.50. The molecule has 0 aromatic carbocycles. The summed E-state index contributed by atoms with van der Waals surface area (Å²) >= 11 is 3.65. The Kier molecular flexibility index (Phi) is 7.76. The molecule has 0 saturated heterocycles. The maximum absolute atomic E-state index is 10.3. The van der Waals surface area contributed by atoms with E-state index >= 15 is 0 Å². The maximum atomic E-state index is 10.3. The highest BCUT2D eigenvalue weighted by molar-refractivity contribution is 7.80. The number of nitrogens with zero attached hydrogens (tertiary/aromatic N) is 1. The summed E-state index contributed by atoms with van der Waals surface area (Å²) in [5, 5.41) is 16.4. The number of carboxylic acids is 2. The normalized spacial score (nSPS) is 13.1. The highest BCUT2D eigenvalue weighted by Gasteiger charge is 2.12. The predicted octanol–water partition coefficient (Wildman–Crippen LogP) is -1.31. The Balaban J connectivity index is 0.000000360. The second-order valence-corrected chi connectivity index (χ2v) is 3.70. The lowest BCUT2D eigenvalue weighted by atomic mass is 10.2. The Morgan fingerprint density at radius 2 is 1.89 bits per heavy atom. The molecule has 0 bridgehead atoms. The Bertz CT molecular complexity index is 371. The summed E-state index contributed by atoms with van der Waals surface area (Å²) in [6.07, 6.45) is 3.38. The lowest BCUT2D eigenvalue weighted by molar-refractivity contribution is -0.139. The van der Waals surface area contributed by atoms with E-state index in [2.05, 4.69) is 22.6 Å². The van der Waals surface area contributed by atoms with Gasteiger partial charge in [0.2, 0.25) is 0 Å². The summed E-state index contributed by atoms with van der Waals surface area (Å²) in [6, 6.07) is -1.68. The number of nitrogens with two attached hydrogens (primary N) is 2. The van der Waals surface area contributed by atoms with Gasteiger partial charge in [0.15, 0.2) is 0 Å². The topological polar surface area (TPSA) is 155 Å². The third-order valence-electron chi connectivity index (χ3n) is 1.81. The molecule has 102 valence electrons. The first-order valence-corrected chi connectivity index (χ1v) is 5.57. The van der Waals surface area contributed by atoms with Gasteiger partial charge in [-0.1, -0.05) is 0 Å². The maximum Gasteiger partial charge on any atom is 0.321 e. The van der Waals surface area contributed by atoms with E-state index in [9.17, 15) is 9.59 Å². The summed E-state index contributed by atoms with van der Waals surface area (Å²) in [5.74, 6) is -1.82. The highest BCUT2D eigenvalue weighted by Crippen LogP contribution is 1.95. The van der Waals surface area contributed by atoms with Crippen molar-refractivity contribution in [2.45, 2.75) is 18.5 Å². The van der Waals surface area contributed by atoms with Crippen molar-refractivity contribution < 1.29 is 19.8 Å². The van der Waals surface area contributed by atoms with Gasteiger partial charge < -0.3 is 26.7 Å². The number of H-pyrrole nitrogens is 1. The van der Waals surface area contributed by atoms with Crippen LogP contribution in [0, 0.1) is 0 Å². The molecule has 0 aliphatic rings. The number of aromatic amines is 1. The average molecular weight is 276 g/mol. The van der Waals surface area contributed by atoms with Crippen LogP contribution in [0.4, 0.5) is 0 Å². The molecule has 2 atom stereocenters. The number of carbonyl (C=O) groups is 2. The molecule has 1 heterocycles. The largest absolute Gasteiger partial charge is 0.480 e. The lowest BCUT2D eigenvalue weighted by Crippen LogP contribution is -2.32. The van der Waals surface area contributed by atoms with Crippen LogP contribution in [-0.4, -0.2) is 50.0 Å². The molecule has 0 spiro atoms. The summed E-state index contributed by atoms with van der Waals surface area (Å²) in [6.45, 7) is 0. The van der Waals surface area contributed by atoms with Crippen molar-refractivity contribution in [3.05, 3.63) is 18.2 Å². The summed E-state index contributed by atoms with van der Waals surface area (Å²) < 4.78 is 0. The van der Waals surface area contributed by atoms with E-state index in [1.807, 2.05) is 0 Å². The molecule has 0 aliphatic carbocycles. The van der Waals surface area contributed by atoms with Crippen LogP contribution < -0.4 is 11.5 Å². The first-order valence-electron chi connectivity index (χ1n) is 4.93. The van der Waals surface area contributed by atoms with Gasteiger partial charge in [-0.05, 0) is 0 Å². The Hall–Kier alpha value is -1.58. The second-order valence-electron chi connectivity index (χ2n) is 3.34. The van der Waals surface area contributed by atoms with Crippen molar-refractivity contribution in [2.75, 3.05) is 5.75 Å². The predicted molar refractivity (Wildman–Crippen MR) is 67.4 cm³/mol. The van der Waals surface area contributed by atoms with Crippen LogP contribution in [0.3, 0.4) is 0 Å². The molecule has 0 aliphatic heterocycles. The van der Waals surface area contributed by atoms with E-state index in [1.165, 1.54) is 6.33 Å². The fourth-order valence-electron chi connectivity index (χ4n) is 0.793. The van der Waals surface area contributed by atoms with Crippen molar-refractivity contribution in [2.24, 2.45) is 11.5 Å². The van der Waals surface area contributed by atoms with Gasteiger partial charge in [-0.25, -0.2) is 4.98 Å². The Morgan fingerprint density at radius 3 is 2.17 bits per heavy atom. The molecule has 0 unspecified atom stereocenters. The zero-order valence-electron chi connectivity index (χ0n) is 9.48. The fraction of sp³-hybridized carbons (Fsp3) is 0.444. The minimum atomic E-state index is -1.01. The van der Waals surface area contributed by atoms with Crippen LogP contribution in [-0.2, 0) is 16.0 Å². The summed E-state index contributed by atoms with van der Waals surface area (Å²) in [4.78, 5) is 26.6. The molecule has 8 nitrogen and oxygen atoms in total. The quantitative estimate of drug-likeness (QED) is 0.365. The van der Waals surface area contributed by atoms with Gasteiger partial charge in [-0.2, -0.15) is 12.6 Å². The van der Waals surface area contributed by atoms with Crippen LogP contribution >= 0.6 is 12.6 Å². The molecule has 18 heavy (non-hydrogen) atoms. The number of aromatic nitrogens is 2. The highest BCUT2D eigenvalue weighted by atomic mass is 32.1. The van der Waals surface area contributed by atoms with E-state index in [4.69, 9.17) is 21.7 Å². The monoisotopic (exact) mass is 276 g/mol. The standard InChI is InChI=1S/C6H9N3O2.C3H7NO2S/c7-5(6(10)11)1-4-2-8-3-9-4;4-2(1-7)3(5)6/h2-3,5H,1,7H2,(H,8,9)(H,10,11);2,7H,1,4H2,(H,5,6)/t5-;2-/m00/s1. The molecule has 1 rings (SSSR count). The molecular weight excluding hydrogens is 260 g/mol. The van der Waals surface area contributed by atoms with Crippen LogP contribution in [0.5, 0.6) is 0 Å².